The van der Waals surface area contributed by atoms with E-state index in [0.717, 1.165) is 34.6 Å². The molecule has 0 saturated carbocycles. The summed E-state index contributed by atoms with van der Waals surface area (Å²) in [5.74, 6) is 2.58. The van der Waals surface area contributed by atoms with Crippen molar-refractivity contribution in [3.63, 3.8) is 0 Å². The number of nitrogens with two attached hydrogens (primary N) is 1. The highest BCUT2D eigenvalue weighted by Gasteiger charge is 2.19. The van der Waals surface area contributed by atoms with E-state index in [1.54, 1.807) is 21.3 Å². The van der Waals surface area contributed by atoms with Crippen LogP contribution in [0.5, 0.6) is 17.2 Å². The van der Waals surface area contributed by atoms with Gasteiger partial charge in [0, 0.05) is 11.1 Å². The average molecular weight is 329 g/mol. The maximum Gasteiger partial charge on any atom is 0.168 e. The molecule has 4 heteroatoms. The highest BCUT2D eigenvalue weighted by molar-refractivity contribution is 5.79. The fourth-order valence-corrected chi connectivity index (χ4v) is 2.92. The van der Waals surface area contributed by atoms with Gasteiger partial charge in [-0.1, -0.05) is 18.6 Å². The minimum absolute atomic E-state index is 0.337. The van der Waals surface area contributed by atoms with Crippen molar-refractivity contribution in [3.05, 3.63) is 41.5 Å². The molecule has 0 saturated heterocycles. The second kappa shape index (κ2) is 8.06. The molecule has 4 nitrogen and oxygen atoms in total. The summed E-state index contributed by atoms with van der Waals surface area (Å²) in [4.78, 5) is 0. The van der Waals surface area contributed by atoms with Gasteiger partial charge in [-0.15, -0.1) is 0 Å². The topological polar surface area (TPSA) is 53.7 Å². The summed E-state index contributed by atoms with van der Waals surface area (Å²) >= 11 is 0. The molecule has 0 heterocycles. The quantitative estimate of drug-likeness (QED) is 0.829. The van der Waals surface area contributed by atoms with Gasteiger partial charge < -0.3 is 19.9 Å². The summed E-state index contributed by atoms with van der Waals surface area (Å²) in [6.07, 6.45) is 0.917. The van der Waals surface area contributed by atoms with E-state index in [1.165, 1.54) is 5.56 Å². The fraction of sp³-hybridized carbons (Fsp3) is 0.400. The number of aryl methyl sites for hydroxylation is 1. The number of benzene rings is 2. The van der Waals surface area contributed by atoms with Crippen molar-refractivity contribution in [3.8, 4) is 28.4 Å². The highest BCUT2D eigenvalue weighted by Crippen LogP contribution is 2.44. The molecule has 0 aliphatic rings. The Morgan fingerprint density at radius 3 is 2.21 bits per heavy atom. The minimum atomic E-state index is 0.337. The van der Waals surface area contributed by atoms with E-state index in [1.807, 2.05) is 18.2 Å². The van der Waals surface area contributed by atoms with Crippen molar-refractivity contribution in [1.82, 2.24) is 0 Å². The molecular formula is C20H27NO3. The zero-order valence-electron chi connectivity index (χ0n) is 15.2. The third kappa shape index (κ3) is 3.65. The Bertz CT molecular complexity index is 698. The molecule has 0 bridgehead atoms. The standard InChI is InChI=1S/C20H27NO3/c1-13-6-7-18(22-3)16(10-13)17-11-15(14(2)8-9-21)12-19(23-4)20(17)24-5/h6-7,10-12,14H,8-9,21H2,1-5H3. The first-order valence-corrected chi connectivity index (χ1v) is 8.16. The third-order valence-corrected chi connectivity index (χ3v) is 4.32. The van der Waals surface area contributed by atoms with E-state index >= 15 is 0 Å². The van der Waals surface area contributed by atoms with E-state index in [0.29, 0.717) is 18.2 Å². The van der Waals surface area contributed by atoms with Crippen molar-refractivity contribution in [2.75, 3.05) is 27.9 Å². The zero-order valence-corrected chi connectivity index (χ0v) is 15.2. The number of methoxy groups -OCH3 is 3. The number of hydrogen-bond donors (Lipinski definition) is 1. The lowest BCUT2D eigenvalue weighted by molar-refractivity contribution is 0.355. The number of hydrogen-bond acceptors (Lipinski definition) is 4. The van der Waals surface area contributed by atoms with E-state index in [2.05, 4.69) is 26.0 Å². The Balaban J connectivity index is 2.71. The largest absolute Gasteiger partial charge is 0.496 e. The van der Waals surface area contributed by atoms with E-state index in [4.69, 9.17) is 19.9 Å². The Kier molecular flexibility index (Phi) is 6.10. The molecule has 2 N–H and O–H groups in total. The van der Waals surface area contributed by atoms with Crippen LogP contribution in [-0.4, -0.2) is 27.9 Å². The molecule has 2 aromatic rings. The van der Waals surface area contributed by atoms with Crippen LogP contribution in [-0.2, 0) is 0 Å². The van der Waals surface area contributed by atoms with Gasteiger partial charge in [0.05, 0.1) is 21.3 Å². The average Bonchev–Trinajstić information content (AvgIpc) is 2.60. The highest BCUT2D eigenvalue weighted by atomic mass is 16.5. The van der Waals surface area contributed by atoms with Gasteiger partial charge in [-0.25, -0.2) is 0 Å². The van der Waals surface area contributed by atoms with Crippen molar-refractivity contribution in [2.24, 2.45) is 5.73 Å². The van der Waals surface area contributed by atoms with Crippen molar-refractivity contribution in [1.29, 1.82) is 0 Å². The molecule has 24 heavy (non-hydrogen) atoms. The lowest BCUT2D eigenvalue weighted by Gasteiger charge is -2.20. The first kappa shape index (κ1) is 18.1. The van der Waals surface area contributed by atoms with Crippen molar-refractivity contribution >= 4 is 0 Å². The van der Waals surface area contributed by atoms with Gasteiger partial charge in [0.25, 0.3) is 0 Å². The van der Waals surface area contributed by atoms with Crippen LogP contribution in [0.25, 0.3) is 11.1 Å². The van der Waals surface area contributed by atoms with Crippen LogP contribution >= 0.6 is 0 Å². The molecule has 2 aromatic carbocycles. The van der Waals surface area contributed by atoms with Crippen molar-refractivity contribution < 1.29 is 14.2 Å². The molecule has 0 amide bonds. The molecule has 0 spiro atoms. The van der Waals surface area contributed by atoms with Crippen LogP contribution < -0.4 is 19.9 Å². The SMILES string of the molecule is COc1ccc(C)cc1-c1cc(C(C)CCN)cc(OC)c1OC. The molecule has 0 aliphatic carbocycles. The first-order valence-electron chi connectivity index (χ1n) is 8.16. The maximum atomic E-state index is 5.73. The van der Waals surface area contributed by atoms with Gasteiger partial charge in [-0.05, 0) is 55.6 Å². The second-order valence-corrected chi connectivity index (χ2v) is 5.99. The third-order valence-electron chi connectivity index (χ3n) is 4.32. The predicted molar refractivity (Wildman–Crippen MR) is 98.4 cm³/mol. The molecular weight excluding hydrogens is 302 g/mol. The van der Waals surface area contributed by atoms with Crippen LogP contribution in [0.15, 0.2) is 30.3 Å². The van der Waals surface area contributed by atoms with E-state index in [9.17, 15) is 0 Å². The van der Waals surface area contributed by atoms with E-state index in [-0.39, 0.29) is 0 Å². The van der Waals surface area contributed by atoms with Gasteiger partial charge in [-0.3, -0.25) is 0 Å². The zero-order chi connectivity index (χ0) is 17.7. The first-order chi connectivity index (χ1) is 11.5. The summed E-state index contributed by atoms with van der Waals surface area (Å²) in [5, 5.41) is 0. The van der Waals surface area contributed by atoms with Gasteiger partial charge in [0.1, 0.15) is 5.75 Å². The molecule has 0 radical (unpaired) electrons. The Hall–Kier alpha value is -2.20. The summed E-state index contributed by atoms with van der Waals surface area (Å²) in [5.41, 5.74) is 10.0. The van der Waals surface area contributed by atoms with Gasteiger partial charge in [0.2, 0.25) is 0 Å². The predicted octanol–water partition coefficient (Wildman–Crippen LogP) is 4.14. The molecule has 1 atom stereocenters. The van der Waals surface area contributed by atoms with Gasteiger partial charge in [0.15, 0.2) is 11.5 Å². The summed E-state index contributed by atoms with van der Waals surface area (Å²) in [6, 6.07) is 10.3. The number of rotatable bonds is 7. The molecule has 130 valence electrons. The van der Waals surface area contributed by atoms with Gasteiger partial charge in [-0.2, -0.15) is 0 Å². The fourth-order valence-electron chi connectivity index (χ4n) is 2.92. The summed E-state index contributed by atoms with van der Waals surface area (Å²) in [6.45, 7) is 4.89. The smallest absolute Gasteiger partial charge is 0.168 e. The Labute approximate surface area is 144 Å². The summed E-state index contributed by atoms with van der Waals surface area (Å²) < 4.78 is 16.8. The van der Waals surface area contributed by atoms with Crippen LogP contribution in [0.4, 0.5) is 0 Å². The van der Waals surface area contributed by atoms with Crippen molar-refractivity contribution in [2.45, 2.75) is 26.2 Å². The molecule has 2 rings (SSSR count). The normalized spacial score (nSPS) is 11.9. The van der Waals surface area contributed by atoms with Crippen LogP contribution in [0.3, 0.4) is 0 Å². The van der Waals surface area contributed by atoms with Gasteiger partial charge >= 0.3 is 0 Å². The van der Waals surface area contributed by atoms with Crippen LogP contribution in [0.1, 0.15) is 30.4 Å². The molecule has 0 aliphatic heterocycles. The molecule has 1 unspecified atom stereocenters. The molecule has 0 fully saturated rings. The minimum Gasteiger partial charge on any atom is -0.496 e. The van der Waals surface area contributed by atoms with E-state index < -0.39 is 0 Å². The van der Waals surface area contributed by atoms with Crippen LogP contribution in [0, 0.1) is 6.92 Å². The maximum absolute atomic E-state index is 5.73. The monoisotopic (exact) mass is 329 g/mol. The summed E-state index contributed by atoms with van der Waals surface area (Å²) in [7, 11) is 5.00. The Morgan fingerprint density at radius 2 is 1.62 bits per heavy atom. The molecule has 0 aromatic heterocycles. The number of ether oxygens (including phenoxy) is 3. The van der Waals surface area contributed by atoms with Crippen LogP contribution in [0.2, 0.25) is 0 Å². The lowest BCUT2D eigenvalue weighted by atomic mass is 9.92. The lowest BCUT2D eigenvalue weighted by Crippen LogP contribution is -2.06. The second-order valence-electron chi connectivity index (χ2n) is 5.99. The Morgan fingerprint density at radius 1 is 0.917 bits per heavy atom.